The van der Waals surface area contributed by atoms with Crippen LogP contribution >= 0.6 is 0 Å². The molecule has 0 radical (unpaired) electrons. The molecule has 0 N–H and O–H groups in total. The van der Waals surface area contributed by atoms with Crippen LogP contribution in [0.5, 0.6) is 5.75 Å². The number of esters is 1. The SMILES string of the molecule is O=C1C[C@H]2COc3ccccc3[C@H]2O1. The Balaban J connectivity index is 2.05. The molecule has 1 aromatic rings. The molecule has 2 aliphatic heterocycles. The summed E-state index contributed by atoms with van der Waals surface area (Å²) in [6.07, 6.45) is 0.409. The predicted molar refractivity (Wildman–Crippen MR) is 48.9 cm³/mol. The maximum absolute atomic E-state index is 11.1. The van der Waals surface area contributed by atoms with Gasteiger partial charge in [-0.3, -0.25) is 4.79 Å². The highest BCUT2D eigenvalue weighted by atomic mass is 16.6. The largest absolute Gasteiger partial charge is 0.493 e. The van der Waals surface area contributed by atoms with Crippen LogP contribution in [0.25, 0.3) is 0 Å². The van der Waals surface area contributed by atoms with Crippen LogP contribution in [-0.2, 0) is 9.53 Å². The molecule has 0 spiro atoms. The lowest BCUT2D eigenvalue weighted by atomic mass is 9.93. The molecule has 0 saturated carbocycles. The quantitative estimate of drug-likeness (QED) is 0.584. The molecule has 1 fully saturated rings. The van der Waals surface area contributed by atoms with E-state index >= 15 is 0 Å². The summed E-state index contributed by atoms with van der Waals surface area (Å²) < 4.78 is 10.8. The second-order valence-electron chi connectivity index (χ2n) is 3.72. The maximum atomic E-state index is 11.1. The summed E-state index contributed by atoms with van der Waals surface area (Å²) in [7, 11) is 0. The molecular formula is C11H10O3. The molecule has 2 aliphatic rings. The van der Waals surface area contributed by atoms with Gasteiger partial charge < -0.3 is 9.47 Å². The third-order valence-electron chi connectivity index (χ3n) is 2.79. The first-order valence-corrected chi connectivity index (χ1v) is 4.76. The summed E-state index contributed by atoms with van der Waals surface area (Å²) in [6, 6.07) is 7.75. The fourth-order valence-electron chi connectivity index (χ4n) is 2.11. The van der Waals surface area contributed by atoms with Crippen LogP contribution in [0.15, 0.2) is 24.3 Å². The van der Waals surface area contributed by atoms with E-state index in [0.29, 0.717) is 13.0 Å². The van der Waals surface area contributed by atoms with Gasteiger partial charge in [0.1, 0.15) is 11.9 Å². The van der Waals surface area contributed by atoms with E-state index < -0.39 is 0 Å². The summed E-state index contributed by atoms with van der Waals surface area (Å²) in [5.74, 6) is 0.946. The fourth-order valence-corrected chi connectivity index (χ4v) is 2.11. The second-order valence-corrected chi connectivity index (χ2v) is 3.72. The lowest BCUT2D eigenvalue weighted by molar-refractivity contribution is -0.142. The topological polar surface area (TPSA) is 35.5 Å². The van der Waals surface area contributed by atoms with Crippen molar-refractivity contribution in [2.75, 3.05) is 6.61 Å². The first-order chi connectivity index (χ1) is 6.84. The molecule has 0 aromatic heterocycles. The van der Waals surface area contributed by atoms with E-state index in [-0.39, 0.29) is 18.0 Å². The van der Waals surface area contributed by atoms with Crippen LogP contribution in [0.1, 0.15) is 18.1 Å². The number of carbonyl (C=O) groups excluding carboxylic acids is 1. The van der Waals surface area contributed by atoms with E-state index in [9.17, 15) is 4.79 Å². The Morgan fingerprint density at radius 1 is 1.29 bits per heavy atom. The van der Waals surface area contributed by atoms with Crippen LogP contribution < -0.4 is 4.74 Å². The standard InChI is InChI=1S/C11H10O3/c12-10-5-7-6-13-9-4-2-1-3-8(9)11(7)14-10/h1-4,7,11H,5-6H2/t7-,11-/m0/s1. The van der Waals surface area contributed by atoms with Crippen LogP contribution in [0.2, 0.25) is 0 Å². The minimum Gasteiger partial charge on any atom is -0.493 e. The monoisotopic (exact) mass is 190 g/mol. The lowest BCUT2D eigenvalue weighted by Gasteiger charge is -2.26. The van der Waals surface area contributed by atoms with Crippen molar-refractivity contribution in [1.29, 1.82) is 0 Å². The molecule has 1 saturated heterocycles. The Hall–Kier alpha value is -1.51. The number of rotatable bonds is 0. The van der Waals surface area contributed by atoms with Crippen molar-refractivity contribution in [1.82, 2.24) is 0 Å². The molecule has 72 valence electrons. The molecule has 1 aromatic carbocycles. The zero-order valence-corrected chi connectivity index (χ0v) is 7.60. The highest BCUT2D eigenvalue weighted by molar-refractivity contribution is 5.73. The number of fused-ring (bicyclic) bond motifs is 3. The highest BCUT2D eigenvalue weighted by Gasteiger charge is 2.40. The molecule has 2 heterocycles. The summed E-state index contributed by atoms with van der Waals surface area (Å²) in [6.45, 7) is 0.591. The third-order valence-corrected chi connectivity index (χ3v) is 2.79. The van der Waals surface area contributed by atoms with Crippen molar-refractivity contribution in [2.45, 2.75) is 12.5 Å². The molecule has 0 unspecified atom stereocenters. The minimum absolute atomic E-state index is 0.0764. The molecule has 3 heteroatoms. The van der Waals surface area contributed by atoms with Gasteiger partial charge in [-0.15, -0.1) is 0 Å². The van der Waals surface area contributed by atoms with E-state index in [0.717, 1.165) is 11.3 Å². The van der Waals surface area contributed by atoms with E-state index in [1.807, 2.05) is 24.3 Å². The molecular weight excluding hydrogens is 180 g/mol. The van der Waals surface area contributed by atoms with Crippen molar-refractivity contribution in [3.05, 3.63) is 29.8 Å². The van der Waals surface area contributed by atoms with E-state index in [1.54, 1.807) is 0 Å². The van der Waals surface area contributed by atoms with E-state index in [4.69, 9.17) is 9.47 Å². The zero-order chi connectivity index (χ0) is 9.54. The Bertz CT molecular complexity index is 386. The smallest absolute Gasteiger partial charge is 0.306 e. The van der Waals surface area contributed by atoms with Crippen molar-refractivity contribution < 1.29 is 14.3 Å². The van der Waals surface area contributed by atoms with E-state index in [1.165, 1.54) is 0 Å². The van der Waals surface area contributed by atoms with Crippen molar-refractivity contribution >= 4 is 5.97 Å². The van der Waals surface area contributed by atoms with Gasteiger partial charge in [0.15, 0.2) is 0 Å². The minimum atomic E-state index is -0.111. The summed E-state index contributed by atoms with van der Waals surface area (Å²) in [4.78, 5) is 11.1. The summed E-state index contributed by atoms with van der Waals surface area (Å²) in [5, 5.41) is 0. The summed E-state index contributed by atoms with van der Waals surface area (Å²) >= 11 is 0. The third kappa shape index (κ3) is 1.02. The van der Waals surface area contributed by atoms with Crippen molar-refractivity contribution in [2.24, 2.45) is 5.92 Å². The Morgan fingerprint density at radius 2 is 2.14 bits per heavy atom. The van der Waals surface area contributed by atoms with Crippen molar-refractivity contribution in [3.63, 3.8) is 0 Å². The molecule has 2 atom stereocenters. The van der Waals surface area contributed by atoms with Gasteiger partial charge in [0.25, 0.3) is 0 Å². The predicted octanol–water partition coefficient (Wildman–Crippen LogP) is 1.68. The first-order valence-electron chi connectivity index (χ1n) is 4.76. The maximum Gasteiger partial charge on any atom is 0.306 e. The van der Waals surface area contributed by atoms with Gasteiger partial charge in [0.2, 0.25) is 0 Å². The average molecular weight is 190 g/mol. The number of carbonyl (C=O) groups is 1. The highest BCUT2D eigenvalue weighted by Crippen LogP contribution is 2.43. The van der Waals surface area contributed by atoms with Gasteiger partial charge in [-0.1, -0.05) is 18.2 Å². The van der Waals surface area contributed by atoms with Crippen LogP contribution in [0.3, 0.4) is 0 Å². The number of benzene rings is 1. The molecule has 3 nitrogen and oxygen atoms in total. The molecule has 0 bridgehead atoms. The lowest BCUT2D eigenvalue weighted by Crippen LogP contribution is -2.22. The number of ether oxygens (including phenoxy) is 2. The molecule has 14 heavy (non-hydrogen) atoms. The second kappa shape index (κ2) is 2.74. The number of hydrogen-bond acceptors (Lipinski definition) is 3. The normalized spacial score (nSPS) is 28.7. The van der Waals surface area contributed by atoms with Crippen LogP contribution in [-0.4, -0.2) is 12.6 Å². The zero-order valence-electron chi connectivity index (χ0n) is 7.60. The molecule has 0 amide bonds. The molecule has 0 aliphatic carbocycles. The summed E-state index contributed by atoms with van der Waals surface area (Å²) in [5.41, 5.74) is 1.01. The number of para-hydroxylation sites is 1. The van der Waals surface area contributed by atoms with Gasteiger partial charge in [-0.25, -0.2) is 0 Å². The Kier molecular flexibility index (Phi) is 1.54. The van der Waals surface area contributed by atoms with E-state index in [2.05, 4.69) is 0 Å². The van der Waals surface area contributed by atoms with Gasteiger partial charge in [0.05, 0.1) is 13.0 Å². The first kappa shape index (κ1) is 7.85. The fraction of sp³-hybridized carbons (Fsp3) is 0.364. The van der Waals surface area contributed by atoms with Crippen LogP contribution in [0.4, 0.5) is 0 Å². The van der Waals surface area contributed by atoms with Gasteiger partial charge in [-0.2, -0.15) is 0 Å². The van der Waals surface area contributed by atoms with Gasteiger partial charge in [-0.05, 0) is 6.07 Å². The van der Waals surface area contributed by atoms with Gasteiger partial charge in [0, 0.05) is 11.5 Å². The number of hydrogen-bond donors (Lipinski definition) is 0. The Labute approximate surface area is 81.6 Å². The Morgan fingerprint density at radius 3 is 3.07 bits per heavy atom. The van der Waals surface area contributed by atoms with Crippen molar-refractivity contribution in [3.8, 4) is 5.75 Å². The van der Waals surface area contributed by atoms with Crippen LogP contribution in [0, 0.1) is 5.92 Å². The molecule has 3 rings (SSSR count). The average Bonchev–Trinajstić information content (AvgIpc) is 2.59. The van der Waals surface area contributed by atoms with Gasteiger partial charge >= 0.3 is 5.97 Å².